The molecule has 0 saturated carbocycles. The van der Waals surface area contributed by atoms with Crippen LogP contribution in [0.1, 0.15) is 39.1 Å². The Hall–Kier alpha value is -2.69. The third-order valence-corrected chi connectivity index (χ3v) is 4.75. The summed E-state index contributed by atoms with van der Waals surface area (Å²) in [5.74, 6) is -0.978. The molecule has 0 aliphatic carbocycles. The molecule has 4 nitrogen and oxygen atoms in total. The summed E-state index contributed by atoms with van der Waals surface area (Å²) in [7, 11) is 0. The van der Waals surface area contributed by atoms with Gasteiger partial charge in [0.2, 0.25) is 0 Å². The first-order valence-electron chi connectivity index (χ1n) is 8.40. The number of carbonyl (C=O) groups is 2. The van der Waals surface area contributed by atoms with Gasteiger partial charge in [-0.2, -0.15) is 0 Å². The molecule has 0 spiro atoms. The highest BCUT2D eigenvalue weighted by molar-refractivity contribution is 5.94. The van der Waals surface area contributed by atoms with E-state index in [1.807, 2.05) is 12.1 Å². The molecule has 0 atom stereocenters. The number of nitrogens with zero attached hydrogens (tertiary/aromatic N) is 1. The molecule has 0 radical (unpaired) electrons. The smallest absolute Gasteiger partial charge is 0.335 e. The lowest BCUT2D eigenvalue weighted by atomic mass is 9.88. The van der Waals surface area contributed by atoms with E-state index in [1.165, 1.54) is 24.3 Å². The summed E-state index contributed by atoms with van der Waals surface area (Å²) in [5, 5.41) is 9.28. The van der Waals surface area contributed by atoms with Crippen LogP contribution >= 0.6 is 0 Å². The van der Waals surface area contributed by atoms with Crippen LogP contribution in [0, 0.1) is 11.7 Å². The van der Waals surface area contributed by atoms with Crippen LogP contribution in [0.4, 0.5) is 4.39 Å². The first-order chi connectivity index (χ1) is 12.0. The molecule has 0 unspecified atom stereocenters. The van der Waals surface area contributed by atoms with Gasteiger partial charge in [0.15, 0.2) is 0 Å². The Balaban J connectivity index is 1.60. The third-order valence-electron chi connectivity index (χ3n) is 4.75. The van der Waals surface area contributed by atoms with Crippen LogP contribution in [0.5, 0.6) is 0 Å². The first kappa shape index (κ1) is 17.1. The number of rotatable bonds is 4. The number of hydrogen-bond acceptors (Lipinski definition) is 2. The number of amides is 1. The van der Waals surface area contributed by atoms with E-state index in [0.717, 1.165) is 18.4 Å². The fourth-order valence-electron chi connectivity index (χ4n) is 3.33. The Morgan fingerprint density at radius 3 is 2.32 bits per heavy atom. The van der Waals surface area contributed by atoms with Gasteiger partial charge >= 0.3 is 5.97 Å². The Kier molecular flexibility index (Phi) is 5.12. The number of carbonyl (C=O) groups excluding carboxylic acids is 1. The third kappa shape index (κ3) is 4.05. The number of hydrogen-bond donors (Lipinski definition) is 1. The van der Waals surface area contributed by atoms with E-state index in [-0.39, 0.29) is 11.7 Å². The number of carboxylic acids is 1. The number of piperidine rings is 1. The number of likely N-dealkylation sites (tertiary alicyclic amines) is 1. The minimum absolute atomic E-state index is 0.0793. The number of aromatic carboxylic acids is 1. The van der Waals surface area contributed by atoms with Crippen LogP contribution in [-0.2, 0) is 6.42 Å². The summed E-state index contributed by atoms with van der Waals surface area (Å²) in [6.45, 7) is 1.27. The van der Waals surface area contributed by atoms with Gasteiger partial charge in [-0.1, -0.05) is 18.2 Å². The average molecular weight is 341 g/mol. The maximum Gasteiger partial charge on any atom is 0.335 e. The SMILES string of the molecule is O=C(O)c1ccccc1CC1CCN(C(=O)c2ccc(F)cc2)CC1. The summed E-state index contributed by atoms with van der Waals surface area (Å²) in [5.41, 5.74) is 1.70. The molecule has 1 aliphatic rings. The Bertz CT molecular complexity index is 765. The van der Waals surface area contributed by atoms with Gasteiger partial charge in [0, 0.05) is 18.7 Å². The van der Waals surface area contributed by atoms with Crippen molar-refractivity contribution < 1.29 is 19.1 Å². The van der Waals surface area contributed by atoms with Crippen molar-refractivity contribution in [2.24, 2.45) is 5.92 Å². The molecule has 5 heteroatoms. The lowest BCUT2D eigenvalue weighted by Crippen LogP contribution is -2.39. The average Bonchev–Trinajstić information content (AvgIpc) is 2.63. The minimum atomic E-state index is -0.903. The van der Waals surface area contributed by atoms with E-state index in [4.69, 9.17) is 0 Å². The molecule has 0 aromatic heterocycles. The normalized spacial score (nSPS) is 15.2. The second-order valence-corrected chi connectivity index (χ2v) is 6.41. The van der Waals surface area contributed by atoms with Gasteiger partial charge in [-0.3, -0.25) is 4.79 Å². The molecule has 0 bridgehead atoms. The summed E-state index contributed by atoms with van der Waals surface area (Å²) in [6.07, 6.45) is 2.38. The second kappa shape index (κ2) is 7.47. The highest BCUT2D eigenvalue weighted by atomic mass is 19.1. The Morgan fingerprint density at radius 1 is 1.04 bits per heavy atom. The lowest BCUT2D eigenvalue weighted by molar-refractivity contribution is 0.0690. The molecule has 1 N–H and O–H groups in total. The summed E-state index contributed by atoms with van der Waals surface area (Å²) < 4.78 is 13.0. The van der Waals surface area contributed by atoms with Crippen LogP contribution in [0.25, 0.3) is 0 Å². The van der Waals surface area contributed by atoms with Gasteiger partial charge < -0.3 is 10.0 Å². The van der Waals surface area contributed by atoms with Crippen LogP contribution < -0.4 is 0 Å². The van der Waals surface area contributed by atoms with E-state index in [0.29, 0.717) is 36.6 Å². The maximum absolute atomic E-state index is 13.0. The van der Waals surface area contributed by atoms with Crippen molar-refractivity contribution in [2.75, 3.05) is 13.1 Å². The highest BCUT2D eigenvalue weighted by Gasteiger charge is 2.24. The fourth-order valence-corrected chi connectivity index (χ4v) is 3.33. The second-order valence-electron chi connectivity index (χ2n) is 6.41. The summed E-state index contributed by atoms with van der Waals surface area (Å²) in [6, 6.07) is 12.7. The van der Waals surface area contributed by atoms with Crippen molar-refractivity contribution in [2.45, 2.75) is 19.3 Å². The van der Waals surface area contributed by atoms with Gasteiger partial charge in [-0.05, 0) is 61.1 Å². The minimum Gasteiger partial charge on any atom is -0.478 e. The molecule has 2 aromatic rings. The first-order valence-corrected chi connectivity index (χ1v) is 8.40. The lowest BCUT2D eigenvalue weighted by Gasteiger charge is -2.32. The van der Waals surface area contributed by atoms with Gasteiger partial charge in [-0.25, -0.2) is 9.18 Å². The van der Waals surface area contributed by atoms with Crippen molar-refractivity contribution in [3.63, 3.8) is 0 Å². The monoisotopic (exact) mass is 341 g/mol. The topological polar surface area (TPSA) is 57.6 Å². The largest absolute Gasteiger partial charge is 0.478 e. The summed E-state index contributed by atoms with van der Waals surface area (Å²) in [4.78, 5) is 25.5. The molecule has 130 valence electrons. The van der Waals surface area contributed by atoms with Crippen molar-refractivity contribution in [3.8, 4) is 0 Å². The number of halogens is 1. The maximum atomic E-state index is 13.0. The predicted octanol–water partition coefficient (Wildman–Crippen LogP) is 3.62. The molecular weight excluding hydrogens is 321 g/mol. The van der Waals surface area contributed by atoms with Crippen LogP contribution in [0.3, 0.4) is 0 Å². The van der Waals surface area contributed by atoms with Gasteiger partial charge in [0.05, 0.1) is 5.56 Å². The molecule has 3 rings (SSSR count). The quantitative estimate of drug-likeness (QED) is 0.924. The standard InChI is InChI=1S/C20H20FNO3/c21-17-7-5-15(6-8-17)19(23)22-11-9-14(10-12-22)13-16-3-1-2-4-18(16)20(24)25/h1-8,14H,9-13H2,(H,24,25). The summed E-state index contributed by atoms with van der Waals surface area (Å²) >= 11 is 0. The van der Waals surface area contributed by atoms with Crippen LogP contribution in [0.15, 0.2) is 48.5 Å². The highest BCUT2D eigenvalue weighted by Crippen LogP contribution is 2.24. The van der Waals surface area contributed by atoms with E-state index < -0.39 is 5.97 Å². The molecular formula is C20H20FNO3. The van der Waals surface area contributed by atoms with Crippen molar-refractivity contribution in [3.05, 3.63) is 71.0 Å². The number of benzene rings is 2. The number of carboxylic acid groups (broad SMARTS) is 1. The zero-order chi connectivity index (χ0) is 17.8. The molecule has 2 aromatic carbocycles. The molecule has 25 heavy (non-hydrogen) atoms. The van der Waals surface area contributed by atoms with Gasteiger partial charge in [0.25, 0.3) is 5.91 Å². The van der Waals surface area contributed by atoms with E-state index >= 15 is 0 Å². The van der Waals surface area contributed by atoms with Crippen molar-refractivity contribution >= 4 is 11.9 Å². The van der Waals surface area contributed by atoms with Gasteiger partial charge in [-0.15, -0.1) is 0 Å². The molecule has 1 saturated heterocycles. The van der Waals surface area contributed by atoms with Crippen LogP contribution in [0.2, 0.25) is 0 Å². The van der Waals surface area contributed by atoms with Crippen molar-refractivity contribution in [1.29, 1.82) is 0 Å². The predicted molar refractivity (Wildman–Crippen MR) is 92.1 cm³/mol. The fraction of sp³-hybridized carbons (Fsp3) is 0.300. The Labute approximate surface area is 145 Å². The molecule has 1 aliphatic heterocycles. The van der Waals surface area contributed by atoms with Crippen molar-refractivity contribution in [1.82, 2.24) is 4.90 Å². The Morgan fingerprint density at radius 2 is 1.68 bits per heavy atom. The molecule has 1 fully saturated rings. The zero-order valence-corrected chi connectivity index (χ0v) is 13.8. The van der Waals surface area contributed by atoms with Crippen LogP contribution in [-0.4, -0.2) is 35.0 Å². The van der Waals surface area contributed by atoms with Gasteiger partial charge in [0.1, 0.15) is 5.82 Å². The zero-order valence-electron chi connectivity index (χ0n) is 13.8. The van der Waals surface area contributed by atoms with E-state index in [9.17, 15) is 19.1 Å². The van der Waals surface area contributed by atoms with E-state index in [1.54, 1.807) is 17.0 Å². The van der Waals surface area contributed by atoms with E-state index in [2.05, 4.69) is 0 Å². The molecule has 1 heterocycles. The molecule has 1 amide bonds.